The van der Waals surface area contributed by atoms with Gasteiger partial charge in [-0.2, -0.15) is 0 Å². The first-order chi connectivity index (χ1) is 24.1. The smallest absolute Gasteiger partial charge is 0.410 e. The summed E-state index contributed by atoms with van der Waals surface area (Å²) in [5.41, 5.74) is 5.17. The standard InChI is InChI=1S/C42H54N2O7/c1-26(43-38(45)29-12-10-27(11-13-29)28-18-20-44(21-19-28)40(47)51-42(5,6)7)34-24-36(48-8)37(49-9)25-35(34)32-15-14-31-23-33(17-16-30(31)22-32)50-39(46)41(2,3)4/h10-13,16-17,23-26,28,32H,14-15,18-22H2,1-9H3,(H,43,45). The van der Waals surface area contributed by atoms with Gasteiger partial charge in [-0.1, -0.05) is 18.2 Å². The lowest BCUT2D eigenvalue weighted by Gasteiger charge is -2.33. The van der Waals surface area contributed by atoms with E-state index in [1.54, 1.807) is 19.1 Å². The first-order valence-corrected chi connectivity index (χ1v) is 18.0. The third-order valence-corrected chi connectivity index (χ3v) is 9.86. The molecule has 1 N–H and O–H groups in total. The van der Waals surface area contributed by atoms with Crippen molar-refractivity contribution < 1.29 is 33.3 Å². The van der Waals surface area contributed by atoms with Gasteiger partial charge in [0, 0.05) is 18.7 Å². The molecule has 3 aromatic rings. The number of amides is 2. The van der Waals surface area contributed by atoms with Crippen LogP contribution in [0.1, 0.15) is 124 Å². The zero-order valence-electron chi connectivity index (χ0n) is 31.7. The third kappa shape index (κ3) is 9.23. The van der Waals surface area contributed by atoms with Crippen molar-refractivity contribution in [2.24, 2.45) is 5.41 Å². The maximum absolute atomic E-state index is 13.6. The topological polar surface area (TPSA) is 103 Å². The summed E-state index contributed by atoms with van der Waals surface area (Å²) in [6.07, 6.45) is 3.97. The summed E-state index contributed by atoms with van der Waals surface area (Å²) in [6, 6.07) is 17.5. The fraction of sp³-hybridized carbons (Fsp3) is 0.500. The molecule has 2 amide bonds. The van der Waals surface area contributed by atoms with Gasteiger partial charge in [0.15, 0.2) is 11.5 Å². The van der Waals surface area contributed by atoms with E-state index in [1.165, 1.54) is 16.7 Å². The number of nitrogens with one attached hydrogen (secondary N) is 1. The van der Waals surface area contributed by atoms with E-state index in [4.69, 9.17) is 18.9 Å². The van der Waals surface area contributed by atoms with E-state index >= 15 is 0 Å². The summed E-state index contributed by atoms with van der Waals surface area (Å²) in [5.74, 6) is 1.94. The zero-order chi connectivity index (χ0) is 37.1. The summed E-state index contributed by atoms with van der Waals surface area (Å²) in [6.45, 7) is 14.5. The Morgan fingerprint density at radius 2 is 1.45 bits per heavy atom. The molecule has 2 unspecified atom stereocenters. The monoisotopic (exact) mass is 698 g/mol. The maximum Gasteiger partial charge on any atom is 0.410 e. The van der Waals surface area contributed by atoms with Gasteiger partial charge in [-0.15, -0.1) is 0 Å². The molecule has 1 fully saturated rings. The van der Waals surface area contributed by atoms with Crippen LogP contribution in [-0.4, -0.2) is 55.8 Å². The average Bonchev–Trinajstić information content (AvgIpc) is 3.09. The Morgan fingerprint density at radius 1 is 0.804 bits per heavy atom. The van der Waals surface area contributed by atoms with Crippen LogP contribution in [0.5, 0.6) is 17.2 Å². The van der Waals surface area contributed by atoms with Crippen molar-refractivity contribution in [1.29, 1.82) is 0 Å². The molecule has 51 heavy (non-hydrogen) atoms. The normalized spacial score (nSPS) is 17.2. The lowest BCUT2D eigenvalue weighted by Crippen LogP contribution is -2.41. The molecule has 9 nitrogen and oxygen atoms in total. The number of hydrogen-bond donors (Lipinski definition) is 1. The van der Waals surface area contributed by atoms with Crippen LogP contribution in [0.4, 0.5) is 4.79 Å². The Hall–Kier alpha value is -4.53. The predicted octanol–water partition coefficient (Wildman–Crippen LogP) is 8.53. The van der Waals surface area contributed by atoms with Crippen molar-refractivity contribution >= 4 is 18.0 Å². The number of nitrogens with zero attached hydrogens (tertiary/aromatic N) is 1. The number of ether oxygens (including phenoxy) is 4. The van der Waals surface area contributed by atoms with Crippen LogP contribution in [0, 0.1) is 5.41 Å². The Morgan fingerprint density at radius 3 is 2.06 bits per heavy atom. The quantitative estimate of drug-likeness (QED) is 0.186. The Kier molecular flexibility index (Phi) is 11.4. The molecule has 9 heteroatoms. The number of benzene rings is 3. The molecule has 3 aromatic carbocycles. The second-order valence-electron chi connectivity index (χ2n) is 15.9. The number of likely N-dealkylation sites (tertiary alicyclic amines) is 1. The second kappa shape index (κ2) is 15.4. The molecule has 0 aromatic heterocycles. The van der Waals surface area contributed by atoms with Crippen LogP contribution in [0.15, 0.2) is 54.6 Å². The van der Waals surface area contributed by atoms with E-state index in [2.05, 4.69) is 17.4 Å². The highest BCUT2D eigenvalue weighted by atomic mass is 16.6. The SMILES string of the molecule is COc1cc(C2CCc3cc(OC(=O)C(C)(C)C)ccc3C2)c(C(C)NC(=O)c2ccc(C3CCN(C(=O)OC(C)(C)C)CC3)cc2)cc1OC. The highest BCUT2D eigenvalue weighted by Crippen LogP contribution is 2.42. The number of aryl methyl sites for hydroxylation is 1. The van der Waals surface area contributed by atoms with Crippen molar-refractivity contribution in [3.63, 3.8) is 0 Å². The molecule has 0 spiro atoms. The third-order valence-electron chi connectivity index (χ3n) is 9.86. The summed E-state index contributed by atoms with van der Waals surface area (Å²) in [4.78, 5) is 40.3. The number of piperidine rings is 1. The Bertz CT molecular complexity index is 1730. The number of carbonyl (C=O) groups is 3. The minimum atomic E-state index is -0.579. The van der Waals surface area contributed by atoms with E-state index < -0.39 is 11.0 Å². The molecule has 1 aliphatic carbocycles. The highest BCUT2D eigenvalue weighted by Gasteiger charge is 2.30. The fourth-order valence-electron chi connectivity index (χ4n) is 6.95. The van der Waals surface area contributed by atoms with Crippen molar-refractivity contribution in [1.82, 2.24) is 10.2 Å². The van der Waals surface area contributed by atoms with Gasteiger partial charge >= 0.3 is 12.1 Å². The molecule has 2 atom stereocenters. The molecule has 1 heterocycles. The Labute approximate surface area is 303 Å². The van der Waals surface area contributed by atoms with E-state index in [0.29, 0.717) is 41.8 Å². The van der Waals surface area contributed by atoms with Crippen LogP contribution in [0.3, 0.4) is 0 Å². The van der Waals surface area contributed by atoms with Crippen LogP contribution in [0.25, 0.3) is 0 Å². The minimum Gasteiger partial charge on any atom is -0.493 e. The van der Waals surface area contributed by atoms with Crippen LogP contribution < -0.4 is 19.5 Å². The number of carbonyl (C=O) groups excluding carboxylic acids is 3. The molecule has 0 bridgehead atoms. The minimum absolute atomic E-state index is 0.152. The molecular formula is C42H54N2O7. The van der Waals surface area contributed by atoms with Crippen molar-refractivity contribution in [2.75, 3.05) is 27.3 Å². The molecule has 1 aliphatic heterocycles. The maximum atomic E-state index is 13.6. The summed E-state index contributed by atoms with van der Waals surface area (Å²) >= 11 is 0. The average molecular weight is 699 g/mol. The number of esters is 1. The van der Waals surface area contributed by atoms with Gasteiger partial charge in [0.1, 0.15) is 11.4 Å². The Balaban J connectivity index is 1.27. The summed E-state index contributed by atoms with van der Waals surface area (Å²) in [5, 5.41) is 3.23. The van der Waals surface area contributed by atoms with E-state index in [1.807, 2.05) is 90.9 Å². The largest absolute Gasteiger partial charge is 0.493 e. The summed E-state index contributed by atoms with van der Waals surface area (Å²) in [7, 11) is 3.26. The van der Waals surface area contributed by atoms with E-state index in [0.717, 1.165) is 43.2 Å². The van der Waals surface area contributed by atoms with Crippen LogP contribution in [-0.2, 0) is 22.4 Å². The highest BCUT2D eigenvalue weighted by molar-refractivity contribution is 5.94. The first-order valence-electron chi connectivity index (χ1n) is 18.0. The van der Waals surface area contributed by atoms with Gasteiger partial charge in [0.2, 0.25) is 0 Å². The number of rotatable bonds is 8. The van der Waals surface area contributed by atoms with Crippen molar-refractivity contribution in [3.05, 3.63) is 88.0 Å². The van der Waals surface area contributed by atoms with E-state index in [-0.39, 0.29) is 29.9 Å². The molecule has 0 radical (unpaired) electrons. The van der Waals surface area contributed by atoms with Gasteiger partial charge < -0.3 is 29.2 Å². The fourth-order valence-corrected chi connectivity index (χ4v) is 6.95. The summed E-state index contributed by atoms with van der Waals surface area (Å²) < 4.78 is 22.6. The molecule has 0 saturated carbocycles. The number of hydrogen-bond acceptors (Lipinski definition) is 7. The van der Waals surface area contributed by atoms with Gasteiger partial charge in [-0.3, -0.25) is 9.59 Å². The van der Waals surface area contributed by atoms with Gasteiger partial charge in [-0.05, 0) is 157 Å². The predicted molar refractivity (Wildman–Crippen MR) is 198 cm³/mol. The first kappa shape index (κ1) is 37.7. The lowest BCUT2D eigenvalue weighted by atomic mass is 9.77. The van der Waals surface area contributed by atoms with Gasteiger partial charge in [-0.25, -0.2) is 4.79 Å². The van der Waals surface area contributed by atoms with Crippen LogP contribution >= 0.6 is 0 Å². The zero-order valence-corrected chi connectivity index (χ0v) is 31.7. The molecule has 1 saturated heterocycles. The second-order valence-corrected chi connectivity index (χ2v) is 15.9. The lowest BCUT2D eigenvalue weighted by molar-refractivity contribution is -0.143. The van der Waals surface area contributed by atoms with E-state index in [9.17, 15) is 14.4 Å². The van der Waals surface area contributed by atoms with Crippen molar-refractivity contribution in [2.45, 2.75) is 104 Å². The molecule has 5 rings (SSSR count). The van der Waals surface area contributed by atoms with Crippen LogP contribution in [0.2, 0.25) is 0 Å². The molecule has 274 valence electrons. The van der Waals surface area contributed by atoms with Crippen molar-refractivity contribution in [3.8, 4) is 17.2 Å². The molecule has 2 aliphatic rings. The van der Waals surface area contributed by atoms with Gasteiger partial charge in [0.05, 0.1) is 25.7 Å². The molecular weight excluding hydrogens is 644 g/mol. The van der Waals surface area contributed by atoms with Gasteiger partial charge in [0.25, 0.3) is 5.91 Å². The number of fused-ring (bicyclic) bond motifs is 1. The number of methoxy groups -OCH3 is 2.